The molecule has 0 saturated carbocycles. The molecule has 2 aromatic carbocycles. The maximum atomic E-state index is 13.4. The zero-order valence-electron chi connectivity index (χ0n) is 18.3. The highest BCUT2D eigenvalue weighted by molar-refractivity contribution is 6.00. The van der Waals surface area contributed by atoms with E-state index in [-0.39, 0.29) is 18.2 Å². The molecule has 1 aliphatic heterocycles. The van der Waals surface area contributed by atoms with Crippen LogP contribution >= 0.6 is 0 Å². The Morgan fingerprint density at radius 1 is 1.03 bits per heavy atom. The molecule has 0 aliphatic carbocycles. The van der Waals surface area contributed by atoms with Gasteiger partial charge >= 0.3 is 17.7 Å². The predicted octanol–water partition coefficient (Wildman–Crippen LogP) is 4.50. The van der Waals surface area contributed by atoms with Crippen molar-refractivity contribution in [3.8, 4) is 11.1 Å². The molecular formula is C23H28N5O3+. The number of hydrogen-bond acceptors (Lipinski definition) is 6. The number of hydrogen-bond donors (Lipinski definition) is 1. The van der Waals surface area contributed by atoms with E-state index in [2.05, 4.69) is 15.5 Å². The van der Waals surface area contributed by atoms with Crippen LogP contribution < -0.4 is 0 Å². The first-order chi connectivity index (χ1) is 14.8. The smallest absolute Gasteiger partial charge is 0.367 e. The second-order valence-corrected chi connectivity index (χ2v) is 7.90. The van der Waals surface area contributed by atoms with Crippen LogP contribution in [-0.4, -0.2) is 45.6 Å². The van der Waals surface area contributed by atoms with E-state index in [1.807, 2.05) is 61.5 Å². The first kappa shape index (κ1) is 22.5. The van der Waals surface area contributed by atoms with E-state index in [1.165, 1.54) is 5.01 Å². The van der Waals surface area contributed by atoms with Gasteiger partial charge in [0.05, 0.1) is 17.2 Å². The molecule has 1 aliphatic rings. The molecule has 1 heterocycles. The van der Waals surface area contributed by atoms with Gasteiger partial charge in [0.2, 0.25) is 0 Å². The number of carbonyl (C=O) groups excluding carboxylic acids is 1. The van der Waals surface area contributed by atoms with Crippen molar-refractivity contribution in [3.05, 3.63) is 60.2 Å². The Bertz CT molecular complexity index is 1020. The molecule has 0 spiro atoms. The fraction of sp³-hybridized carbons (Fsp3) is 0.348. The summed E-state index contributed by atoms with van der Waals surface area (Å²) in [6.45, 7) is 5.50. The quantitative estimate of drug-likeness (QED) is 0.634. The SMILES string of the molecule is CCCC(=O)[N+]1(N(C)[C@H](C(=O)O)C(C)C)N=NN=C1c1cccc(-c2ccccc2)c1. The molecule has 1 unspecified atom stereocenters. The number of carboxylic acid groups (broad SMARTS) is 1. The van der Waals surface area contributed by atoms with E-state index in [1.54, 1.807) is 20.9 Å². The lowest BCUT2D eigenvalue weighted by molar-refractivity contribution is -0.898. The van der Waals surface area contributed by atoms with Crippen LogP contribution in [-0.2, 0) is 9.59 Å². The van der Waals surface area contributed by atoms with E-state index in [4.69, 9.17) is 0 Å². The summed E-state index contributed by atoms with van der Waals surface area (Å²) in [5.41, 5.74) is 2.64. The maximum absolute atomic E-state index is 13.4. The molecule has 162 valence electrons. The molecule has 8 nitrogen and oxygen atoms in total. The minimum absolute atomic E-state index is 0.213. The number of amidine groups is 1. The standard InChI is InChI=1S/C23H27N5O3/c1-5-10-20(29)28(27(4)21(16(2)3)23(30)31)22(24-25-26-28)19-14-9-13-18(15-19)17-11-7-6-8-12-17/h6-9,11-16,21H,5,10H2,1-4H3/p+1/t21-,28?/m0/s1. The van der Waals surface area contributed by atoms with Crippen LogP contribution in [0, 0.1) is 5.92 Å². The number of nitrogens with zero attached hydrogens (tertiary/aromatic N) is 5. The van der Waals surface area contributed by atoms with E-state index < -0.39 is 16.7 Å². The summed E-state index contributed by atoms with van der Waals surface area (Å²) in [5.74, 6) is -1.27. The number of rotatable bonds is 8. The molecule has 0 fully saturated rings. The van der Waals surface area contributed by atoms with Gasteiger partial charge in [0, 0.05) is 17.0 Å². The van der Waals surface area contributed by atoms with Gasteiger partial charge in [0.25, 0.3) is 0 Å². The van der Waals surface area contributed by atoms with Crippen LogP contribution in [0.1, 0.15) is 39.2 Å². The van der Waals surface area contributed by atoms with Crippen LogP contribution in [0.5, 0.6) is 0 Å². The lowest BCUT2D eigenvalue weighted by Gasteiger charge is -2.36. The highest BCUT2D eigenvalue weighted by Gasteiger charge is 2.56. The largest absolute Gasteiger partial charge is 0.480 e. The average Bonchev–Trinajstić information content (AvgIpc) is 3.20. The molecule has 0 aromatic heterocycles. The van der Waals surface area contributed by atoms with Gasteiger partial charge < -0.3 is 5.11 Å². The van der Waals surface area contributed by atoms with Crippen LogP contribution in [0.2, 0.25) is 0 Å². The first-order valence-electron chi connectivity index (χ1n) is 10.4. The van der Waals surface area contributed by atoms with Crippen LogP contribution in [0.4, 0.5) is 0 Å². The predicted molar refractivity (Wildman–Crippen MR) is 117 cm³/mol. The Kier molecular flexibility index (Phi) is 6.72. The van der Waals surface area contributed by atoms with Crippen molar-refractivity contribution >= 4 is 17.7 Å². The molecule has 0 saturated heterocycles. The van der Waals surface area contributed by atoms with Crippen molar-refractivity contribution in [2.45, 2.75) is 39.7 Å². The Morgan fingerprint density at radius 3 is 2.29 bits per heavy atom. The topological polar surface area (TPSA) is 94.7 Å². The minimum Gasteiger partial charge on any atom is -0.480 e. The van der Waals surface area contributed by atoms with Crippen LogP contribution in [0.15, 0.2) is 70.1 Å². The maximum Gasteiger partial charge on any atom is 0.367 e. The highest BCUT2D eigenvalue weighted by Crippen LogP contribution is 2.32. The summed E-state index contributed by atoms with van der Waals surface area (Å²) in [6.07, 6.45) is 0.810. The van der Waals surface area contributed by atoms with E-state index in [0.717, 1.165) is 11.1 Å². The molecule has 3 rings (SSSR count). The van der Waals surface area contributed by atoms with Gasteiger partial charge in [-0.3, -0.25) is 4.79 Å². The molecule has 8 heteroatoms. The van der Waals surface area contributed by atoms with Crippen molar-refractivity contribution in [2.75, 3.05) is 7.05 Å². The monoisotopic (exact) mass is 422 g/mol. The third kappa shape index (κ3) is 4.17. The summed E-state index contributed by atoms with van der Waals surface area (Å²) in [5, 5.41) is 23.6. The van der Waals surface area contributed by atoms with Crippen LogP contribution in [0.3, 0.4) is 0 Å². The number of aliphatic carboxylic acids is 1. The lowest BCUT2D eigenvalue weighted by atomic mass is 10.0. The molecule has 1 N–H and O–H groups in total. The summed E-state index contributed by atoms with van der Waals surface area (Å²) in [7, 11) is 1.59. The summed E-state index contributed by atoms with van der Waals surface area (Å²) in [6, 6.07) is 16.5. The number of likely N-dealkylation sites (N-methyl/N-ethyl adjacent to an activating group) is 1. The first-order valence-corrected chi connectivity index (χ1v) is 10.4. The number of carbonyl (C=O) groups is 2. The van der Waals surface area contributed by atoms with E-state index in [9.17, 15) is 14.7 Å². The van der Waals surface area contributed by atoms with E-state index >= 15 is 0 Å². The second-order valence-electron chi connectivity index (χ2n) is 7.90. The number of quaternary nitrogens is 1. The highest BCUT2D eigenvalue weighted by atomic mass is 16.4. The zero-order valence-corrected chi connectivity index (χ0v) is 18.3. The van der Waals surface area contributed by atoms with Gasteiger partial charge in [-0.05, 0) is 35.6 Å². The van der Waals surface area contributed by atoms with Gasteiger partial charge in [-0.2, -0.15) is 0 Å². The lowest BCUT2D eigenvalue weighted by Crippen LogP contribution is -2.66. The van der Waals surface area contributed by atoms with Crippen molar-refractivity contribution in [1.29, 1.82) is 0 Å². The zero-order chi connectivity index (χ0) is 22.6. The summed E-state index contributed by atoms with van der Waals surface area (Å²) < 4.78 is -0.693. The van der Waals surface area contributed by atoms with E-state index in [0.29, 0.717) is 17.8 Å². The van der Waals surface area contributed by atoms with Gasteiger partial charge in [-0.15, -0.1) is 5.01 Å². The Labute approximate surface area is 182 Å². The normalized spacial score (nSPS) is 19.0. The molecule has 2 aromatic rings. The number of carboxylic acids is 1. The van der Waals surface area contributed by atoms with Crippen LogP contribution in [0.25, 0.3) is 11.1 Å². The summed E-state index contributed by atoms with van der Waals surface area (Å²) >= 11 is 0. The van der Waals surface area contributed by atoms with Gasteiger partial charge in [0.15, 0.2) is 6.04 Å². The molecule has 2 atom stereocenters. The molecule has 31 heavy (non-hydrogen) atoms. The van der Waals surface area contributed by atoms with Crippen molar-refractivity contribution < 1.29 is 19.4 Å². The summed E-state index contributed by atoms with van der Waals surface area (Å²) in [4.78, 5) is 25.5. The Hall–Kier alpha value is -3.23. The third-order valence-electron chi connectivity index (χ3n) is 5.39. The van der Waals surface area contributed by atoms with Gasteiger partial charge in [-0.1, -0.05) is 68.3 Å². The van der Waals surface area contributed by atoms with Crippen molar-refractivity contribution in [2.24, 2.45) is 21.5 Å². The molecule has 0 radical (unpaired) electrons. The Balaban J connectivity index is 2.13. The molecule has 1 amide bonds. The third-order valence-corrected chi connectivity index (χ3v) is 5.39. The van der Waals surface area contributed by atoms with Gasteiger partial charge in [0.1, 0.15) is 0 Å². The molecular weight excluding hydrogens is 394 g/mol. The minimum atomic E-state index is -1.03. The molecule has 0 bridgehead atoms. The van der Waals surface area contributed by atoms with Crippen molar-refractivity contribution in [3.63, 3.8) is 0 Å². The fourth-order valence-corrected chi connectivity index (χ4v) is 3.91. The van der Waals surface area contributed by atoms with Crippen molar-refractivity contribution in [1.82, 2.24) is 5.01 Å². The second kappa shape index (κ2) is 9.28. The van der Waals surface area contributed by atoms with Gasteiger partial charge in [-0.25, -0.2) is 4.79 Å². The average molecular weight is 423 g/mol. The fourth-order valence-electron chi connectivity index (χ4n) is 3.91. The Morgan fingerprint density at radius 2 is 1.68 bits per heavy atom. The number of amides is 1. The number of benzene rings is 2.